The van der Waals surface area contributed by atoms with Crippen molar-refractivity contribution < 1.29 is 26.8 Å². The number of rotatable bonds is 4. The third-order valence-electron chi connectivity index (χ3n) is 4.16. The van der Waals surface area contributed by atoms with Crippen molar-refractivity contribution in [1.29, 1.82) is 0 Å². The number of fused-ring (bicyclic) bond motifs is 1. The molecule has 0 amide bonds. The van der Waals surface area contributed by atoms with Crippen LogP contribution in [0.2, 0.25) is 0 Å². The zero-order chi connectivity index (χ0) is 20.5. The molecule has 8 heteroatoms. The second-order valence-corrected chi connectivity index (χ2v) is 7.12. The molecule has 0 heterocycles. The smallest absolute Gasteiger partial charge is 0.355 e. The van der Waals surface area contributed by atoms with Gasteiger partial charge in [0, 0.05) is 10.9 Å². The molecule has 1 atom stereocenters. The van der Waals surface area contributed by atoms with E-state index in [0.717, 1.165) is 5.56 Å². The molecule has 0 aromatic heterocycles. The fraction of sp³-hybridized carbons (Fsp3) is 0.150. The molecule has 1 N–H and O–H groups in total. The highest BCUT2D eigenvalue weighted by Crippen LogP contribution is 2.32. The maximum atomic E-state index is 13.6. The van der Waals surface area contributed by atoms with Crippen LogP contribution in [0.15, 0.2) is 64.6 Å². The van der Waals surface area contributed by atoms with Gasteiger partial charge in [-0.15, -0.1) is 0 Å². The molecule has 0 aliphatic heterocycles. The number of aryl methyl sites for hydroxylation is 2. The topological polar surface area (TPSA) is 58.9 Å². The lowest BCUT2D eigenvalue weighted by atomic mass is 10.0. The molecule has 3 aromatic carbocycles. The van der Waals surface area contributed by atoms with Crippen LogP contribution >= 0.6 is 0 Å². The zero-order valence-corrected chi connectivity index (χ0v) is 15.8. The van der Waals surface area contributed by atoms with Gasteiger partial charge in [-0.05, 0) is 30.9 Å². The number of hydrogen-bond donors (Lipinski definition) is 1. The summed E-state index contributed by atoms with van der Waals surface area (Å²) in [6.07, 6.45) is -4.77. The van der Waals surface area contributed by atoms with Crippen molar-refractivity contribution in [2.24, 2.45) is 5.16 Å². The lowest BCUT2D eigenvalue weighted by molar-refractivity contribution is -0.0598. The number of alkyl halides is 3. The minimum Gasteiger partial charge on any atom is -0.355 e. The number of oxime groups is 1. The fourth-order valence-electron chi connectivity index (χ4n) is 2.90. The first-order valence-corrected chi connectivity index (χ1v) is 9.31. The first-order chi connectivity index (χ1) is 13.2. The summed E-state index contributed by atoms with van der Waals surface area (Å²) in [5.41, 5.74) is -0.126. The highest BCUT2D eigenvalue weighted by molar-refractivity contribution is 7.79. The van der Waals surface area contributed by atoms with Crippen molar-refractivity contribution in [1.82, 2.24) is 0 Å². The molecule has 4 nitrogen and oxygen atoms in total. The fourth-order valence-corrected chi connectivity index (χ4v) is 3.55. The van der Waals surface area contributed by atoms with Crippen molar-refractivity contribution in [3.63, 3.8) is 0 Å². The predicted octanol–water partition coefficient (Wildman–Crippen LogP) is 5.38. The Labute approximate surface area is 161 Å². The van der Waals surface area contributed by atoms with Crippen LogP contribution in [0.4, 0.5) is 13.2 Å². The molecule has 0 fully saturated rings. The van der Waals surface area contributed by atoms with Gasteiger partial charge in [0.1, 0.15) is 4.90 Å². The number of nitrogens with zero attached hydrogens (tertiary/aromatic N) is 1. The van der Waals surface area contributed by atoms with Gasteiger partial charge in [0.25, 0.3) is 0 Å². The molecule has 0 saturated heterocycles. The van der Waals surface area contributed by atoms with Gasteiger partial charge in [0.15, 0.2) is 22.5 Å². The first kappa shape index (κ1) is 20.0. The molecule has 0 radical (unpaired) electrons. The van der Waals surface area contributed by atoms with E-state index in [1.807, 2.05) is 0 Å². The summed E-state index contributed by atoms with van der Waals surface area (Å²) < 4.78 is 62.2. The molecule has 146 valence electrons. The standard InChI is InChI=1S/C20H16F3NO3S/c1-12-7-9-15(13(2)11-12)19(20(21,22)23)24-27-17-10-8-14-5-3-4-6-16(14)18(17)28(25)26/h3-11H,1-2H3,(H,25,26). The molecule has 0 spiro atoms. The van der Waals surface area contributed by atoms with Crippen LogP contribution in [0.25, 0.3) is 10.8 Å². The van der Waals surface area contributed by atoms with Crippen molar-refractivity contribution in [3.8, 4) is 5.75 Å². The molecule has 3 aromatic rings. The average molecular weight is 407 g/mol. The van der Waals surface area contributed by atoms with E-state index >= 15 is 0 Å². The van der Waals surface area contributed by atoms with Gasteiger partial charge in [0.05, 0.1) is 0 Å². The Morgan fingerprint density at radius 2 is 1.79 bits per heavy atom. The molecule has 1 unspecified atom stereocenters. The highest BCUT2D eigenvalue weighted by Gasteiger charge is 2.38. The van der Waals surface area contributed by atoms with Crippen LogP contribution in [-0.4, -0.2) is 20.6 Å². The Kier molecular flexibility index (Phi) is 5.53. The lowest BCUT2D eigenvalue weighted by Crippen LogP contribution is -2.26. The molecule has 0 aliphatic rings. The van der Waals surface area contributed by atoms with Gasteiger partial charge >= 0.3 is 6.18 Å². The quantitative estimate of drug-likeness (QED) is 0.359. The second-order valence-electron chi connectivity index (χ2n) is 6.21. The minimum atomic E-state index is -4.77. The monoisotopic (exact) mass is 407 g/mol. The van der Waals surface area contributed by atoms with Crippen molar-refractivity contribution in [2.45, 2.75) is 24.9 Å². The van der Waals surface area contributed by atoms with Gasteiger partial charge in [-0.25, -0.2) is 4.21 Å². The maximum Gasteiger partial charge on any atom is 0.437 e. The highest BCUT2D eigenvalue weighted by atomic mass is 32.2. The van der Waals surface area contributed by atoms with Crippen LogP contribution in [0.5, 0.6) is 5.75 Å². The van der Waals surface area contributed by atoms with E-state index in [2.05, 4.69) is 5.16 Å². The van der Waals surface area contributed by atoms with Crippen molar-refractivity contribution in [3.05, 3.63) is 71.3 Å². The van der Waals surface area contributed by atoms with Gasteiger partial charge in [-0.1, -0.05) is 59.3 Å². The summed E-state index contributed by atoms with van der Waals surface area (Å²) in [6, 6.07) is 14.1. The number of hydrogen-bond acceptors (Lipinski definition) is 3. The summed E-state index contributed by atoms with van der Waals surface area (Å²) in [5.74, 6) is -0.217. The molecule has 0 bridgehead atoms. The van der Waals surface area contributed by atoms with Crippen LogP contribution in [0.3, 0.4) is 0 Å². The van der Waals surface area contributed by atoms with E-state index in [1.165, 1.54) is 12.1 Å². The molecule has 0 saturated carbocycles. The van der Waals surface area contributed by atoms with E-state index in [-0.39, 0.29) is 16.2 Å². The largest absolute Gasteiger partial charge is 0.437 e. The van der Waals surface area contributed by atoms with E-state index < -0.39 is 23.0 Å². The Morgan fingerprint density at radius 3 is 2.43 bits per heavy atom. The van der Waals surface area contributed by atoms with Gasteiger partial charge in [-0.2, -0.15) is 13.2 Å². The Bertz CT molecular complexity index is 1090. The van der Waals surface area contributed by atoms with Gasteiger partial charge < -0.3 is 9.39 Å². The minimum absolute atomic E-state index is 0.120. The SMILES string of the molecule is Cc1ccc(C(=NOc2ccc3ccccc3c2S(=O)O)C(F)(F)F)c(C)c1. The summed E-state index contributed by atoms with van der Waals surface area (Å²) in [7, 11) is 0. The lowest BCUT2D eigenvalue weighted by Gasteiger charge is -2.14. The summed E-state index contributed by atoms with van der Waals surface area (Å²) in [5, 5.41) is 4.38. The number of benzene rings is 3. The van der Waals surface area contributed by atoms with E-state index in [1.54, 1.807) is 56.3 Å². The average Bonchev–Trinajstić information content (AvgIpc) is 2.61. The second kappa shape index (κ2) is 7.73. The molecule has 0 aliphatic carbocycles. The van der Waals surface area contributed by atoms with Crippen LogP contribution in [-0.2, 0) is 11.1 Å². The van der Waals surface area contributed by atoms with Crippen LogP contribution in [0.1, 0.15) is 16.7 Å². The Hall–Kier alpha value is -2.71. The molecular weight excluding hydrogens is 391 g/mol. The number of halogens is 3. The molecule has 3 rings (SSSR count). The zero-order valence-electron chi connectivity index (χ0n) is 14.9. The summed E-state index contributed by atoms with van der Waals surface area (Å²) in [6.45, 7) is 3.32. The Balaban J connectivity index is 2.11. The van der Waals surface area contributed by atoms with Crippen LogP contribution in [0, 0.1) is 13.8 Å². The van der Waals surface area contributed by atoms with E-state index in [0.29, 0.717) is 16.3 Å². The third-order valence-corrected chi connectivity index (χ3v) is 4.93. The summed E-state index contributed by atoms with van der Waals surface area (Å²) in [4.78, 5) is 4.91. The molecular formula is C20H16F3NO3S. The van der Waals surface area contributed by atoms with E-state index in [4.69, 9.17) is 4.84 Å². The van der Waals surface area contributed by atoms with Gasteiger partial charge in [0.2, 0.25) is 0 Å². The van der Waals surface area contributed by atoms with Gasteiger partial charge in [-0.3, -0.25) is 0 Å². The van der Waals surface area contributed by atoms with Crippen molar-refractivity contribution >= 4 is 27.6 Å². The maximum absolute atomic E-state index is 13.6. The van der Waals surface area contributed by atoms with Crippen LogP contribution < -0.4 is 4.84 Å². The molecule has 28 heavy (non-hydrogen) atoms. The normalized spacial score (nSPS) is 13.6. The first-order valence-electron chi connectivity index (χ1n) is 8.21. The third kappa shape index (κ3) is 4.07. The van der Waals surface area contributed by atoms with Crippen molar-refractivity contribution in [2.75, 3.05) is 0 Å². The van der Waals surface area contributed by atoms with E-state index in [9.17, 15) is 21.9 Å². The Morgan fingerprint density at radius 1 is 1.07 bits per heavy atom. The summed E-state index contributed by atoms with van der Waals surface area (Å²) >= 11 is -2.48. The predicted molar refractivity (Wildman–Crippen MR) is 102 cm³/mol.